The molecule has 8 nitrogen and oxygen atoms in total. The lowest BCUT2D eigenvalue weighted by atomic mass is 9.85. The highest BCUT2D eigenvalue weighted by molar-refractivity contribution is 6.31. The molecular weight excluding hydrogens is 499 g/mol. The van der Waals surface area contributed by atoms with E-state index in [0.29, 0.717) is 10.7 Å². The number of piperidine rings is 1. The molecule has 0 aromatic heterocycles. The topological polar surface area (TPSA) is 90.0 Å². The molecule has 2 saturated heterocycles. The highest BCUT2D eigenvalue weighted by Gasteiger charge is 2.58. The van der Waals surface area contributed by atoms with Crippen LogP contribution in [0.4, 0.5) is 14.9 Å². The van der Waals surface area contributed by atoms with E-state index in [0.717, 1.165) is 10.5 Å². The predicted octanol–water partition coefficient (Wildman–Crippen LogP) is 4.00. The Labute approximate surface area is 220 Å². The fourth-order valence-electron chi connectivity index (χ4n) is 5.08. The Hall–Kier alpha value is -3.46. The van der Waals surface area contributed by atoms with Gasteiger partial charge in [-0.3, -0.25) is 24.2 Å². The van der Waals surface area contributed by atoms with Crippen molar-refractivity contribution in [3.63, 3.8) is 0 Å². The summed E-state index contributed by atoms with van der Waals surface area (Å²) in [6, 6.07) is 9.68. The number of halogens is 2. The summed E-state index contributed by atoms with van der Waals surface area (Å²) < 4.78 is 14.3. The number of hydrogen-bond donors (Lipinski definition) is 1. The largest absolute Gasteiger partial charge is 0.341 e. The highest BCUT2D eigenvalue weighted by Crippen LogP contribution is 2.40. The van der Waals surface area contributed by atoms with Gasteiger partial charge in [0.25, 0.3) is 11.8 Å². The number of hydrogen-bond acceptors (Lipinski definition) is 4. The molecule has 1 N–H and O–H groups in total. The van der Waals surface area contributed by atoms with E-state index in [-0.39, 0.29) is 49.2 Å². The molecule has 1 spiro atoms. The number of benzene rings is 2. The first-order chi connectivity index (χ1) is 17.5. The van der Waals surface area contributed by atoms with Gasteiger partial charge in [-0.2, -0.15) is 0 Å². The van der Waals surface area contributed by atoms with Gasteiger partial charge in [-0.05, 0) is 56.0 Å². The number of aryl methyl sites for hydroxylation is 1. The number of carbonyl (C=O) groups is 4. The first-order valence-electron chi connectivity index (χ1n) is 12.2. The van der Waals surface area contributed by atoms with Crippen molar-refractivity contribution in [2.24, 2.45) is 5.92 Å². The molecule has 5 amide bonds. The average Bonchev–Trinajstić information content (AvgIpc) is 3.04. The van der Waals surface area contributed by atoms with Gasteiger partial charge in [-0.15, -0.1) is 0 Å². The Morgan fingerprint density at radius 3 is 2.38 bits per heavy atom. The number of carbonyl (C=O) groups excluding carboxylic acids is 4. The number of nitrogens with zero attached hydrogens (tertiary/aromatic N) is 3. The number of rotatable bonds is 5. The molecule has 0 radical (unpaired) electrons. The quantitative estimate of drug-likeness (QED) is 0.594. The lowest BCUT2D eigenvalue weighted by molar-refractivity contribution is -0.139. The van der Waals surface area contributed by atoms with Gasteiger partial charge in [0.2, 0.25) is 5.91 Å². The molecular formula is C27H30ClFN4O4. The third-order valence-electron chi connectivity index (χ3n) is 7.16. The van der Waals surface area contributed by atoms with Crippen LogP contribution in [0, 0.1) is 18.7 Å². The summed E-state index contributed by atoms with van der Waals surface area (Å²) in [5, 5.41) is 3.14. The van der Waals surface area contributed by atoms with E-state index in [1.54, 1.807) is 56.0 Å². The number of urea groups is 1. The number of nitrogens with one attached hydrogen (secondary N) is 1. The summed E-state index contributed by atoms with van der Waals surface area (Å²) in [6.45, 7) is 5.77. The molecule has 2 aromatic carbocycles. The van der Waals surface area contributed by atoms with Gasteiger partial charge in [-0.1, -0.05) is 43.1 Å². The summed E-state index contributed by atoms with van der Waals surface area (Å²) in [5.41, 5.74) is -0.00623. The molecule has 2 heterocycles. The first-order valence-corrected chi connectivity index (χ1v) is 12.6. The monoisotopic (exact) mass is 528 g/mol. The zero-order valence-electron chi connectivity index (χ0n) is 21.3. The Bertz CT molecular complexity index is 1260. The Balaban J connectivity index is 1.53. The molecule has 0 unspecified atom stereocenters. The number of likely N-dealkylation sites (tertiary alicyclic amines) is 1. The van der Waals surface area contributed by atoms with E-state index in [1.165, 1.54) is 24.1 Å². The lowest BCUT2D eigenvalue weighted by Crippen LogP contribution is -2.60. The minimum Gasteiger partial charge on any atom is -0.341 e. The van der Waals surface area contributed by atoms with Gasteiger partial charge in [0.1, 0.15) is 17.4 Å². The smallest absolute Gasteiger partial charge is 0.331 e. The molecule has 10 heteroatoms. The summed E-state index contributed by atoms with van der Waals surface area (Å²) in [7, 11) is 1.45. The maximum Gasteiger partial charge on any atom is 0.331 e. The number of amides is 5. The van der Waals surface area contributed by atoms with Crippen molar-refractivity contribution in [3.8, 4) is 0 Å². The standard InChI is InChI=1S/C27H30ClFN4O4/c1-16(2)22(30-23(34)20-14-17(3)8-9-21(20)29)24(35)32-12-10-27(11-13-32)25(36)31(4)26(37)33(27)19-7-5-6-18(28)15-19/h5-9,14-16,22H,10-13H2,1-4H3,(H,30,34)/t22-/m1/s1. The van der Waals surface area contributed by atoms with E-state index in [2.05, 4.69) is 5.32 Å². The van der Waals surface area contributed by atoms with E-state index in [1.807, 2.05) is 0 Å². The van der Waals surface area contributed by atoms with Gasteiger partial charge in [0.05, 0.1) is 5.56 Å². The van der Waals surface area contributed by atoms with Crippen molar-refractivity contribution >= 4 is 41.0 Å². The molecule has 2 aliphatic rings. The molecule has 4 rings (SSSR count). The van der Waals surface area contributed by atoms with Gasteiger partial charge in [-0.25, -0.2) is 9.18 Å². The predicted molar refractivity (Wildman–Crippen MR) is 138 cm³/mol. The van der Waals surface area contributed by atoms with Crippen LogP contribution in [0.2, 0.25) is 5.02 Å². The Morgan fingerprint density at radius 1 is 1.08 bits per heavy atom. The summed E-state index contributed by atoms with van der Waals surface area (Å²) >= 11 is 6.16. The van der Waals surface area contributed by atoms with Crippen molar-refractivity contribution in [1.82, 2.24) is 15.1 Å². The van der Waals surface area contributed by atoms with Crippen LogP contribution in [-0.2, 0) is 9.59 Å². The van der Waals surface area contributed by atoms with Crippen molar-refractivity contribution in [2.45, 2.75) is 45.2 Å². The van der Waals surface area contributed by atoms with Gasteiger partial charge < -0.3 is 10.2 Å². The minimum absolute atomic E-state index is 0.119. The number of anilines is 1. The number of likely N-dealkylation sites (N-methyl/N-ethyl adjacent to an activating group) is 1. The average molecular weight is 529 g/mol. The SMILES string of the molecule is Cc1ccc(F)c(C(=O)N[C@@H](C(=O)N2CCC3(CC2)C(=O)N(C)C(=O)N3c2cccc(Cl)c2)C(C)C)c1. The minimum atomic E-state index is -1.13. The lowest BCUT2D eigenvalue weighted by Gasteiger charge is -2.43. The van der Waals surface area contributed by atoms with Crippen molar-refractivity contribution < 1.29 is 23.6 Å². The first kappa shape index (κ1) is 26.6. The molecule has 2 fully saturated rings. The van der Waals surface area contributed by atoms with Crippen molar-refractivity contribution in [2.75, 3.05) is 25.0 Å². The van der Waals surface area contributed by atoms with Crippen LogP contribution in [0.15, 0.2) is 42.5 Å². The molecule has 1 atom stereocenters. The second-order valence-corrected chi connectivity index (χ2v) is 10.4. The van der Waals surface area contributed by atoms with E-state index in [4.69, 9.17) is 11.6 Å². The van der Waals surface area contributed by atoms with E-state index in [9.17, 15) is 23.6 Å². The van der Waals surface area contributed by atoms with Crippen LogP contribution in [0.3, 0.4) is 0 Å². The van der Waals surface area contributed by atoms with Gasteiger partial charge in [0.15, 0.2) is 0 Å². The zero-order valence-corrected chi connectivity index (χ0v) is 22.0. The van der Waals surface area contributed by atoms with Crippen LogP contribution < -0.4 is 10.2 Å². The zero-order chi connectivity index (χ0) is 27.1. The Kier molecular flexibility index (Phi) is 7.28. The van der Waals surface area contributed by atoms with Gasteiger partial charge in [0, 0.05) is 30.8 Å². The number of imide groups is 1. The summed E-state index contributed by atoms with van der Waals surface area (Å²) in [6.07, 6.45) is 0.455. The van der Waals surface area contributed by atoms with E-state index >= 15 is 0 Å². The molecule has 0 saturated carbocycles. The molecule has 0 aliphatic carbocycles. The maximum absolute atomic E-state index is 14.3. The van der Waals surface area contributed by atoms with Crippen molar-refractivity contribution in [1.29, 1.82) is 0 Å². The fraction of sp³-hybridized carbons (Fsp3) is 0.407. The van der Waals surface area contributed by atoms with Crippen molar-refractivity contribution in [3.05, 3.63) is 64.4 Å². The van der Waals surface area contributed by atoms with Crippen LogP contribution in [-0.4, -0.2) is 65.3 Å². The third kappa shape index (κ3) is 4.80. The maximum atomic E-state index is 14.3. The second kappa shape index (κ2) is 10.1. The highest BCUT2D eigenvalue weighted by atomic mass is 35.5. The molecule has 0 bridgehead atoms. The van der Waals surface area contributed by atoms with Gasteiger partial charge >= 0.3 is 6.03 Å². The third-order valence-corrected chi connectivity index (χ3v) is 7.40. The Morgan fingerprint density at radius 2 is 1.76 bits per heavy atom. The fourth-order valence-corrected chi connectivity index (χ4v) is 5.26. The van der Waals surface area contributed by atoms with Crippen LogP contribution >= 0.6 is 11.6 Å². The molecule has 37 heavy (non-hydrogen) atoms. The summed E-state index contributed by atoms with van der Waals surface area (Å²) in [4.78, 5) is 56.8. The molecule has 2 aliphatic heterocycles. The molecule has 2 aromatic rings. The van der Waals surface area contributed by atoms with Crippen LogP contribution in [0.5, 0.6) is 0 Å². The summed E-state index contributed by atoms with van der Waals surface area (Å²) in [5.74, 6) is -2.22. The normalized spacial score (nSPS) is 18.1. The second-order valence-electron chi connectivity index (χ2n) is 10.00. The van der Waals surface area contributed by atoms with Crippen LogP contribution in [0.1, 0.15) is 42.6 Å². The van der Waals surface area contributed by atoms with Crippen LogP contribution in [0.25, 0.3) is 0 Å². The molecule has 196 valence electrons. The van der Waals surface area contributed by atoms with E-state index < -0.39 is 29.3 Å².